The van der Waals surface area contributed by atoms with Gasteiger partial charge in [-0.3, -0.25) is 0 Å². The summed E-state index contributed by atoms with van der Waals surface area (Å²) in [5.41, 5.74) is 12.7. The lowest BCUT2D eigenvalue weighted by atomic mass is 9.80. The molecule has 1 fully saturated rings. The van der Waals surface area contributed by atoms with Crippen molar-refractivity contribution in [2.45, 2.75) is 84.7 Å². The molecule has 1 unspecified atom stereocenters. The van der Waals surface area contributed by atoms with Crippen molar-refractivity contribution < 1.29 is 0 Å². The van der Waals surface area contributed by atoms with Crippen LogP contribution in [0.3, 0.4) is 0 Å². The summed E-state index contributed by atoms with van der Waals surface area (Å²) in [6, 6.07) is 0.965. The lowest BCUT2D eigenvalue weighted by Gasteiger charge is -2.32. The molecule has 0 heterocycles. The molecule has 0 radical (unpaired) electrons. The summed E-state index contributed by atoms with van der Waals surface area (Å²) < 4.78 is 0. The summed E-state index contributed by atoms with van der Waals surface area (Å²) in [6.07, 6.45) is 9.08. The molecule has 0 aliphatic heterocycles. The lowest BCUT2D eigenvalue weighted by molar-refractivity contribution is 0.243. The van der Waals surface area contributed by atoms with Gasteiger partial charge in [0.2, 0.25) is 0 Å². The van der Waals surface area contributed by atoms with Crippen LogP contribution in [-0.4, -0.2) is 18.6 Å². The van der Waals surface area contributed by atoms with E-state index in [0.29, 0.717) is 17.9 Å². The van der Waals surface area contributed by atoms with Crippen molar-refractivity contribution in [1.82, 2.24) is 10.6 Å². The van der Waals surface area contributed by atoms with E-state index >= 15 is 0 Å². The first-order chi connectivity index (χ1) is 10.4. The molecule has 0 saturated heterocycles. The molecule has 4 nitrogen and oxygen atoms in total. The first-order valence-corrected chi connectivity index (χ1v) is 9.18. The predicted molar refractivity (Wildman–Crippen MR) is 96.1 cm³/mol. The fourth-order valence-corrected chi connectivity index (χ4v) is 2.95. The van der Waals surface area contributed by atoms with Crippen molar-refractivity contribution in [1.29, 1.82) is 0 Å². The Labute approximate surface area is 137 Å². The molecule has 0 aromatic carbocycles. The summed E-state index contributed by atoms with van der Waals surface area (Å²) in [5.74, 6) is 2.07. The van der Waals surface area contributed by atoms with Crippen molar-refractivity contribution >= 4 is 0 Å². The first kappa shape index (κ1) is 19.1. The minimum Gasteiger partial charge on any atom is -0.384 e. The Bertz CT molecular complexity index is 332. The Morgan fingerprint density at radius 1 is 1.14 bits per heavy atom. The number of nitrogens with one attached hydrogen (secondary N) is 2. The average molecular weight is 311 g/mol. The van der Waals surface area contributed by atoms with Crippen LogP contribution in [0.5, 0.6) is 0 Å². The Kier molecular flexibility index (Phi) is 8.69. The molecule has 1 aliphatic carbocycles. The summed E-state index contributed by atoms with van der Waals surface area (Å²) >= 11 is 0. The fourth-order valence-electron chi connectivity index (χ4n) is 2.95. The van der Waals surface area contributed by atoms with Crippen molar-refractivity contribution in [2.24, 2.45) is 23.3 Å². The second kappa shape index (κ2) is 9.98. The van der Waals surface area contributed by atoms with Gasteiger partial charge in [-0.15, -0.1) is 0 Å². The van der Waals surface area contributed by atoms with E-state index in [0.717, 1.165) is 24.1 Å². The van der Waals surface area contributed by atoms with Gasteiger partial charge in [-0.2, -0.15) is 0 Å². The fraction of sp³-hybridized carbons (Fsp3) is 0.889. The van der Waals surface area contributed by atoms with Crippen molar-refractivity contribution in [3.05, 3.63) is 11.5 Å². The SMILES string of the molecule is CC[C@H](C)CCCC(C)NC(CN[C@H](C)C1CCC1)=C(N)N. The van der Waals surface area contributed by atoms with E-state index < -0.39 is 0 Å². The minimum absolute atomic E-state index is 0.418. The number of hydrogen-bond acceptors (Lipinski definition) is 4. The van der Waals surface area contributed by atoms with Gasteiger partial charge in [0.15, 0.2) is 0 Å². The molecule has 0 spiro atoms. The van der Waals surface area contributed by atoms with Crippen LogP contribution in [0.15, 0.2) is 11.5 Å². The molecule has 22 heavy (non-hydrogen) atoms. The van der Waals surface area contributed by atoms with Crippen LogP contribution in [0.4, 0.5) is 0 Å². The zero-order valence-corrected chi connectivity index (χ0v) is 15.1. The van der Waals surface area contributed by atoms with Crippen LogP contribution in [-0.2, 0) is 0 Å². The van der Waals surface area contributed by atoms with Gasteiger partial charge in [0.25, 0.3) is 0 Å². The standard InChI is InChI=1S/C18H38N4/c1-5-13(2)8-6-9-14(3)22-17(18(19)20)12-21-15(4)16-10-7-11-16/h13-16,21-22H,5-12,19-20H2,1-4H3/t13-,14?,15+/m0/s1. The molecular formula is C18H38N4. The second-order valence-corrected chi connectivity index (χ2v) is 7.28. The largest absolute Gasteiger partial charge is 0.384 e. The summed E-state index contributed by atoms with van der Waals surface area (Å²) in [5, 5.41) is 7.08. The zero-order chi connectivity index (χ0) is 16.5. The van der Waals surface area contributed by atoms with Gasteiger partial charge in [-0.1, -0.05) is 39.5 Å². The normalized spacial score (nSPS) is 19.1. The molecule has 130 valence electrons. The molecule has 6 N–H and O–H groups in total. The Morgan fingerprint density at radius 2 is 1.82 bits per heavy atom. The van der Waals surface area contributed by atoms with Crippen LogP contribution < -0.4 is 22.1 Å². The van der Waals surface area contributed by atoms with Gasteiger partial charge < -0.3 is 22.1 Å². The molecule has 4 heteroatoms. The number of hydrogen-bond donors (Lipinski definition) is 4. The maximum Gasteiger partial charge on any atom is 0.114 e. The third-order valence-electron chi connectivity index (χ3n) is 5.26. The monoisotopic (exact) mass is 310 g/mol. The molecule has 0 amide bonds. The van der Waals surface area contributed by atoms with Gasteiger partial charge >= 0.3 is 0 Å². The molecule has 0 aromatic heterocycles. The molecule has 1 aliphatic rings. The summed E-state index contributed by atoms with van der Waals surface area (Å²) in [6.45, 7) is 9.82. The highest BCUT2D eigenvalue weighted by Crippen LogP contribution is 2.29. The van der Waals surface area contributed by atoms with E-state index in [1.165, 1.54) is 44.9 Å². The first-order valence-electron chi connectivity index (χ1n) is 9.18. The van der Waals surface area contributed by atoms with Gasteiger partial charge in [-0.25, -0.2) is 0 Å². The summed E-state index contributed by atoms with van der Waals surface area (Å²) in [7, 11) is 0. The van der Waals surface area contributed by atoms with E-state index in [9.17, 15) is 0 Å². The van der Waals surface area contributed by atoms with Crippen LogP contribution >= 0.6 is 0 Å². The van der Waals surface area contributed by atoms with E-state index in [1.54, 1.807) is 0 Å². The molecular weight excluding hydrogens is 272 g/mol. The van der Waals surface area contributed by atoms with Crippen LogP contribution in [0.25, 0.3) is 0 Å². The van der Waals surface area contributed by atoms with E-state index in [-0.39, 0.29) is 0 Å². The van der Waals surface area contributed by atoms with Crippen LogP contribution in [0.2, 0.25) is 0 Å². The maximum absolute atomic E-state index is 5.85. The lowest BCUT2D eigenvalue weighted by Crippen LogP contribution is -2.42. The molecule has 1 rings (SSSR count). The Hall–Kier alpha value is -0.900. The summed E-state index contributed by atoms with van der Waals surface area (Å²) in [4.78, 5) is 0. The van der Waals surface area contributed by atoms with Gasteiger partial charge in [-0.05, 0) is 44.9 Å². The molecule has 0 aromatic rings. The Morgan fingerprint density at radius 3 is 2.32 bits per heavy atom. The second-order valence-electron chi connectivity index (χ2n) is 7.28. The number of nitrogens with two attached hydrogens (primary N) is 2. The van der Waals surface area contributed by atoms with E-state index in [4.69, 9.17) is 11.5 Å². The third kappa shape index (κ3) is 6.91. The van der Waals surface area contributed by atoms with Crippen molar-refractivity contribution in [3.8, 4) is 0 Å². The van der Waals surface area contributed by atoms with E-state index in [1.807, 2.05) is 0 Å². The highest BCUT2D eigenvalue weighted by atomic mass is 15.0. The van der Waals surface area contributed by atoms with E-state index in [2.05, 4.69) is 38.3 Å². The van der Waals surface area contributed by atoms with Gasteiger partial charge in [0, 0.05) is 18.6 Å². The van der Waals surface area contributed by atoms with Crippen molar-refractivity contribution in [3.63, 3.8) is 0 Å². The van der Waals surface area contributed by atoms with Crippen LogP contribution in [0.1, 0.15) is 72.6 Å². The zero-order valence-electron chi connectivity index (χ0n) is 15.1. The third-order valence-corrected chi connectivity index (χ3v) is 5.26. The number of rotatable bonds is 11. The highest BCUT2D eigenvalue weighted by Gasteiger charge is 2.23. The maximum atomic E-state index is 5.85. The average Bonchev–Trinajstić information content (AvgIpc) is 2.40. The predicted octanol–water partition coefficient (Wildman–Crippen LogP) is 3.05. The molecule has 3 atom stereocenters. The van der Waals surface area contributed by atoms with Crippen LogP contribution in [0, 0.1) is 11.8 Å². The van der Waals surface area contributed by atoms with Gasteiger partial charge in [0.05, 0.1) is 5.70 Å². The quantitative estimate of drug-likeness (QED) is 0.473. The highest BCUT2D eigenvalue weighted by molar-refractivity contribution is 5.09. The van der Waals surface area contributed by atoms with Crippen molar-refractivity contribution in [2.75, 3.05) is 6.54 Å². The molecule has 1 saturated carbocycles. The van der Waals surface area contributed by atoms with Gasteiger partial charge in [0.1, 0.15) is 5.82 Å². The topological polar surface area (TPSA) is 76.1 Å². The molecule has 0 bridgehead atoms. The minimum atomic E-state index is 0.418. The smallest absolute Gasteiger partial charge is 0.114 e. The Balaban J connectivity index is 2.29.